The molecule has 2 aromatic rings. The minimum atomic E-state index is -4.43. The zero-order valence-corrected chi connectivity index (χ0v) is 33.2. The van der Waals surface area contributed by atoms with Crippen LogP contribution in [0.5, 0.6) is 0 Å². The summed E-state index contributed by atoms with van der Waals surface area (Å²) < 4.78 is 48.0. The first-order valence-corrected chi connectivity index (χ1v) is 20.8. The van der Waals surface area contributed by atoms with E-state index in [1.165, 1.54) is 104 Å². The third-order valence-corrected chi connectivity index (χ3v) is 14.4. The van der Waals surface area contributed by atoms with Crippen LogP contribution in [0.4, 0.5) is 18.9 Å². The van der Waals surface area contributed by atoms with Crippen molar-refractivity contribution in [3.05, 3.63) is 110 Å². The molecule has 0 aromatic heterocycles. The Morgan fingerprint density at radius 3 is 2.19 bits per heavy atom. The van der Waals surface area contributed by atoms with E-state index in [1.54, 1.807) is 13.2 Å². The SMILES string of the molecule is COC1=C(/C=C2\N(CC3CCCCC3)c3ccc(C(F)(F)F)cc3C2(C)C)C(=O)/C1=C/C1=C2CC(CCC3CCCCC3)C2c2ccc(C)cc2C1(C)C. The van der Waals surface area contributed by atoms with Gasteiger partial charge < -0.3 is 9.64 Å². The maximum absolute atomic E-state index is 14.4. The molecule has 2 atom stereocenters. The van der Waals surface area contributed by atoms with Gasteiger partial charge in [0.15, 0.2) is 0 Å². The predicted octanol–water partition coefficient (Wildman–Crippen LogP) is 12.7. The quantitative estimate of drug-likeness (QED) is 0.253. The van der Waals surface area contributed by atoms with Crippen molar-refractivity contribution < 1.29 is 22.7 Å². The fourth-order valence-electron chi connectivity index (χ4n) is 11.2. The first-order valence-electron chi connectivity index (χ1n) is 20.8. The fourth-order valence-corrected chi connectivity index (χ4v) is 11.2. The molecule has 3 nitrogen and oxygen atoms in total. The molecule has 0 N–H and O–H groups in total. The zero-order valence-electron chi connectivity index (χ0n) is 33.2. The van der Waals surface area contributed by atoms with E-state index in [4.69, 9.17) is 4.74 Å². The molecule has 2 aromatic carbocycles. The number of halogens is 3. The van der Waals surface area contributed by atoms with Crippen LogP contribution < -0.4 is 4.90 Å². The Labute approximate surface area is 320 Å². The first kappa shape index (κ1) is 37.4. The molecule has 2 unspecified atom stereocenters. The monoisotopic (exact) mass is 737 g/mol. The van der Waals surface area contributed by atoms with Crippen LogP contribution in [0.1, 0.15) is 145 Å². The molecule has 288 valence electrons. The number of benzene rings is 2. The number of aryl methyl sites for hydroxylation is 1. The number of alkyl halides is 3. The normalized spacial score (nSPS) is 26.8. The van der Waals surface area contributed by atoms with Gasteiger partial charge in [0.25, 0.3) is 0 Å². The molecule has 3 saturated carbocycles. The molecule has 0 radical (unpaired) electrons. The lowest BCUT2D eigenvalue weighted by molar-refractivity contribution is -0.137. The predicted molar refractivity (Wildman–Crippen MR) is 211 cm³/mol. The van der Waals surface area contributed by atoms with Crippen molar-refractivity contribution in [3.8, 4) is 0 Å². The van der Waals surface area contributed by atoms with Crippen molar-refractivity contribution in [2.45, 2.75) is 141 Å². The maximum atomic E-state index is 14.4. The largest absolute Gasteiger partial charge is 0.495 e. The maximum Gasteiger partial charge on any atom is 0.416 e. The Balaban J connectivity index is 1.17. The number of ketones is 1. The van der Waals surface area contributed by atoms with E-state index in [0.29, 0.717) is 40.2 Å². The number of allylic oxidation sites excluding steroid dienone is 7. The number of hydrogen-bond acceptors (Lipinski definition) is 3. The highest BCUT2D eigenvalue weighted by atomic mass is 19.4. The van der Waals surface area contributed by atoms with Gasteiger partial charge in [0.2, 0.25) is 5.78 Å². The summed E-state index contributed by atoms with van der Waals surface area (Å²) in [7, 11) is 1.63. The second-order valence-corrected chi connectivity index (χ2v) is 18.5. The van der Waals surface area contributed by atoms with Crippen LogP contribution in [0.15, 0.2) is 82.3 Å². The van der Waals surface area contributed by atoms with E-state index in [0.717, 1.165) is 43.1 Å². The van der Waals surface area contributed by atoms with Crippen LogP contribution in [0.3, 0.4) is 0 Å². The molecule has 0 saturated heterocycles. The fraction of sp³-hybridized carbons (Fsp3) is 0.562. The highest BCUT2D eigenvalue weighted by Gasteiger charge is 2.49. The number of ether oxygens (including phenoxy) is 1. The lowest BCUT2D eigenvalue weighted by Crippen LogP contribution is -2.39. The van der Waals surface area contributed by atoms with Crippen molar-refractivity contribution in [2.24, 2.45) is 17.8 Å². The van der Waals surface area contributed by atoms with Gasteiger partial charge in [-0.05, 0) is 103 Å². The molecule has 0 bridgehead atoms. The molecule has 0 amide bonds. The summed E-state index contributed by atoms with van der Waals surface area (Å²) in [5.74, 6) is 2.86. The smallest absolute Gasteiger partial charge is 0.416 e. The molecule has 0 spiro atoms. The summed E-state index contributed by atoms with van der Waals surface area (Å²) in [6.45, 7) is 11.5. The molecule has 1 aliphatic heterocycles. The topological polar surface area (TPSA) is 29.5 Å². The van der Waals surface area contributed by atoms with Gasteiger partial charge in [-0.15, -0.1) is 0 Å². The molecular weight excluding hydrogens is 680 g/mol. The van der Waals surface area contributed by atoms with Crippen molar-refractivity contribution >= 4 is 11.5 Å². The van der Waals surface area contributed by atoms with Crippen LogP contribution in [-0.2, 0) is 26.5 Å². The van der Waals surface area contributed by atoms with Gasteiger partial charge >= 0.3 is 6.18 Å². The molecule has 54 heavy (non-hydrogen) atoms. The highest BCUT2D eigenvalue weighted by Crippen LogP contribution is 2.60. The number of fused-ring (bicyclic) bond motifs is 4. The number of anilines is 1. The number of methoxy groups -OCH3 is 1. The molecule has 8 rings (SSSR count). The van der Waals surface area contributed by atoms with E-state index in [9.17, 15) is 18.0 Å². The van der Waals surface area contributed by atoms with E-state index >= 15 is 0 Å². The Bertz CT molecular complexity index is 1960. The summed E-state index contributed by atoms with van der Waals surface area (Å²) in [5.41, 5.74) is 8.59. The number of Topliss-reactive ketones (excluding diaryl/α,β-unsaturated/α-hetero) is 1. The minimum absolute atomic E-state index is 0.0524. The average Bonchev–Trinajstić information content (AvgIpc) is 3.34. The molecule has 5 aliphatic carbocycles. The molecular formula is C48H58F3NO2. The number of hydrogen-bond donors (Lipinski definition) is 0. The third kappa shape index (κ3) is 6.32. The summed E-state index contributed by atoms with van der Waals surface area (Å²) in [6.07, 6.45) is 16.0. The van der Waals surface area contributed by atoms with Gasteiger partial charge in [-0.2, -0.15) is 13.2 Å². The lowest BCUT2D eigenvalue weighted by Gasteiger charge is -2.51. The van der Waals surface area contributed by atoms with Gasteiger partial charge in [0.1, 0.15) is 5.76 Å². The van der Waals surface area contributed by atoms with Crippen LogP contribution in [0, 0.1) is 24.7 Å². The van der Waals surface area contributed by atoms with Crippen LogP contribution >= 0.6 is 0 Å². The van der Waals surface area contributed by atoms with Crippen molar-refractivity contribution in [1.82, 2.24) is 0 Å². The first-order chi connectivity index (χ1) is 25.7. The van der Waals surface area contributed by atoms with E-state index in [2.05, 4.69) is 49.9 Å². The standard InChI is InChI=1S/C48H58F3NO2/c1-29-17-21-34-38(23-29)46(2,3)39(35-24-32(43(34)35)19-18-30-13-9-7-10-14-30)26-36-44(53)37(45(36)54-6)27-42-47(4,5)40-25-33(48(49,50)51)20-22-41(40)52(42)28-31-15-11-8-12-16-31/h17,20-23,25-27,30-32,43H,7-16,18-19,24,28H2,1-6H3/b36-26-,42-27-. The summed E-state index contributed by atoms with van der Waals surface area (Å²) >= 11 is 0. The van der Waals surface area contributed by atoms with Gasteiger partial charge in [-0.25, -0.2) is 0 Å². The zero-order chi connectivity index (χ0) is 38.2. The number of carbonyl (C=O) groups excluding carboxylic acids is 1. The Kier molecular flexibility index (Phi) is 9.61. The Morgan fingerprint density at radius 1 is 0.833 bits per heavy atom. The van der Waals surface area contributed by atoms with Crippen LogP contribution in [0.25, 0.3) is 0 Å². The van der Waals surface area contributed by atoms with Gasteiger partial charge in [-0.3, -0.25) is 4.79 Å². The summed E-state index contributed by atoms with van der Waals surface area (Å²) in [5, 5.41) is 0. The highest BCUT2D eigenvalue weighted by molar-refractivity contribution is 6.21. The van der Waals surface area contributed by atoms with E-state index in [-0.39, 0.29) is 11.2 Å². The van der Waals surface area contributed by atoms with E-state index in [1.807, 2.05) is 19.9 Å². The van der Waals surface area contributed by atoms with Gasteiger partial charge in [-0.1, -0.05) is 115 Å². The Hall–Kier alpha value is -3.54. The third-order valence-electron chi connectivity index (χ3n) is 14.4. The number of nitrogens with zero attached hydrogens (tertiary/aromatic N) is 1. The van der Waals surface area contributed by atoms with Gasteiger partial charge in [0, 0.05) is 34.7 Å². The molecule has 1 heterocycles. The van der Waals surface area contributed by atoms with Crippen LogP contribution in [-0.4, -0.2) is 19.4 Å². The molecule has 6 heteroatoms. The van der Waals surface area contributed by atoms with Crippen molar-refractivity contribution in [3.63, 3.8) is 0 Å². The minimum Gasteiger partial charge on any atom is -0.495 e. The molecule has 3 fully saturated rings. The van der Waals surface area contributed by atoms with Gasteiger partial charge in [0.05, 0.1) is 23.8 Å². The second-order valence-electron chi connectivity index (χ2n) is 18.5. The average molecular weight is 738 g/mol. The second kappa shape index (κ2) is 13.9. The lowest BCUT2D eigenvalue weighted by atomic mass is 9.53. The number of carbonyl (C=O) groups is 1. The molecule has 6 aliphatic rings. The van der Waals surface area contributed by atoms with E-state index < -0.39 is 17.2 Å². The van der Waals surface area contributed by atoms with Crippen molar-refractivity contribution in [1.29, 1.82) is 0 Å². The van der Waals surface area contributed by atoms with Crippen molar-refractivity contribution in [2.75, 3.05) is 18.6 Å². The Morgan fingerprint density at radius 2 is 1.52 bits per heavy atom. The van der Waals surface area contributed by atoms with Crippen LogP contribution in [0.2, 0.25) is 0 Å². The summed E-state index contributed by atoms with van der Waals surface area (Å²) in [4.78, 5) is 16.6. The summed E-state index contributed by atoms with van der Waals surface area (Å²) in [6, 6.07) is 11.1. The number of rotatable bonds is 8.